The van der Waals surface area contributed by atoms with Crippen LogP contribution >= 0.6 is 23.6 Å². The molecule has 0 bridgehead atoms. The fraction of sp³-hybridized carbons (Fsp3) is 0.429. The lowest BCUT2D eigenvalue weighted by atomic mass is 10.1. The van der Waals surface area contributed by atoms with Gasteiger partial charge in [-0.15, -0.1) is 11.3 Å². The Kier molecular flexibility index (Phi) is 7.28. The minimum absolute atomic E-state index is 0.262. The van der Waals surface area contributed by atoms with Crippen molar-refractivity contribution in [1.82, 2.24) is 5.32 Å². The number of rotatable bonds is 6. The summed E-state index contributed by atoms with van der Waals surface area (Å²) in [6.45, 7) is 2.79. The first-order valence-electron chi connectivity index (χ1n) is 9.61. The molecule has 0 radical (unpaired) electrons. The second kappa shape index (κ2) is 9.89. The lowest BCUT2D eigenvalue weighted by Crippen LogP contribution is -2.28. The summed E-state index contributed by atoms with van der Waals surface area (Å²) in [5.41, 5.74) is 2.90. The lowest BCUT2D eigenvalue weighted by Gasteiger charge is -2.12. The predicted octanol–water partition coefficient (Wildman–Crippen LogP) is 4.69. The Morgan fingerprint density at radius 1 is 1.18 bits per heavy atom. The van der Waals surface area contributed by atoms with Crippen molar-refractivity contribution < 1.29 is 14.3 Å². The van der Waals surface area contributed by atoms with Crippen LogP contribution in [0.5, 0.6) is 5.75 Å². The van der Waals surface area contributed by atoms with Crippen LogP contribution in [-0.2, 0) is 24.1 Å². The van der Waals surface area contributed by atoms with Crippen LogP contribution in [0.15, 0.2) is 24.3 Å². The zero-order valence-electron chi connectivity index (χ0n) is 16.3. The maximum atomic E-state index is 12.6. The van der Waals surface area contributed by atoms with Gasteiger partial charge in [-0.25, -0.2) is 4.79 Å². The number of thiocarbonyl (C=S) groups is 1. The molecule has 5 nitrogen and oxygen atoms in total. The van der Waals surface area contributed by atoms with Gasteiger partial charge >= 0.3 is 5.97 Å². The van der Waals surface area contributed by atoms with Crippen LogP contribution in [0.4, 0.5) is 5.00 Å². The molecule has 3 rings (SSSR count). The normalized spacial score (nSPS) is 13.2. The predicted molar refractivity (Wildman–Crippen MR) is 118 cm³/mol. The summed E-state index contributed by atoms with van der Waals surface area (Å²) in [6, 6.07) is 7.82. The minimum Gasteiger partial charge on any atom is -0.497 e. The number of hydrogen-bond acceptors (Lipinski definition) is 5. The van der Waals surface area contributed by atoms with E-state index < -0.39 is 0 Å². The van der Waals surface area contributed by atoms with Crippen molar-refractivity contribution in [2.24, 2.45) is 0 Å². The molecule has 0 atom stereocenters. The van der Waals surface area contributed by atoms with E-state index in [9.17, 15) is 4.79 Å². The first-order chi connectivity index (χ1) is 13.6. The van der Waals surface area contributed by atoms with Crippen molar-refractivity contribution >= 4 is 39.6 Å². The van der Waals surface area contributed by atoms with Gasteiger partial charge < -0.3 is 20.1 Å². The van der Waals surface area contributed by atoms with Gasteiger partial charge in [-0.3, -0.25) is 0 Å². The fourth-order valence-electron chi connectivity index (χ4n) is 3.32. The van der Waals surface area contributed by atoms with Gasteiger partial charge in [0.2, 0.25) is 0 Å². The number of aryl methyl sites for hydroxylation is 1. The van der Waals surface area contributed by atoms with Crippen molar-refractivity contribution in [3.8, 4) is 5.75 Å². The summed E-state index contributed by atoms with van der Waals surface area (Å²) >= 11 is 7.10. The fourth-order valence-corrected chi connectivity index (χ4v) is 4.84. The Morgan fingerprint density at radius 3 is 2.64 bits per heavy atom. The average Bonchev–Trinajstić information content (AvgIpc) is 2.87. The van der Waals surface area contributed by atoms with Crippen molar-refractivity contribution in [1.29, 1.82) is 0 Å². The van der Waals surface area contributed by atoms with E-state index in [4.69, 9.17) is 21.7 Å². The molecule has 2 aromatic rings. The number of thiophene rings is 1. The molecule has 0 amide bonds. The summed E-state index contributed by atoms with van der Waals surface area (Å²) < 4.78 is 10.5. The maximum absolute atomic E-state index is 12.6. The molecule has 0 spiro atoms. The zero-order chi connectivity index (χ0) is 19.9. The molecule has 0 unspecified atom stereocenters. The molecule has 1 aromatic heterocycles. The molecule has 150 valence electrons. The highest BCUT2D eigenvalue weighted by atomic mass is 32.1. The second-order valence-electron chi connectivity index (χ2n) is 6.64. The van der Waals surface area contributed by atoms with Crippen LogP contribution in [0.2, 0.25) is 0 Å². The van der Waals surface area contributed by atoms with Gasteiger partial charge in [-0.1, -0.05) is 18.6 Å². The third kappa shape index (κ3) is 5.02. The maximum Gasteiger partial charge on any atom is 0.341 e. The van der Waals surface area contributed by atoms with E-state index in [2.05, 4.69) is 10.6 Å². The van der Waals surface area contributed by atoms with Crippen molar-refractivity contribution in [3.05, 3.63) is 45.8 Å². The minimum atomic E-state index is -0.262. The van der Waals surface area contributed by atoms with Crippen LogP contribution in [0.1, 0.15) is 52.5 Å². The summed E-state index contributed by atoms with van der Waals surface area (Å²) in [6.07, 6.45) is 5.41. The van der Waals surface area contributed by atoms with E-state index in [1.54, 1.807) is 18.4 Å². The molecular formula is C21H26N2O3S2. The number of methoxy groups -OCH3 is 1. The van der Waals surface area contributed by atoms with Gasteiger partial charge in [-0.2, -0.15) is 0 Å². The largest absolute Gasteiger partial charge is 0.497 e. The van der Waals surface area contributed by atoms with E-state index in [0.29, 0.717) is 23.8 Å². The molecule has 7 heteroatoms. The second-order valence-corrected chi connectivity index (χ2v) is 8.16. The summed E-state index contributed by atoms with van der Waals surface area (Å²) in [5.74, 6) is 0.561. The van der Waals surface area contributed by atoms with Crippen LogP contribution in [0.3, 0.4) is 0 Å². The molecule has 0 saturated heterocycles. The van der Waals surface area contributed by atoms with Gasteiger partial charge in [-0.05, 0) is 68.1 Å². The molecule has 1 aromatic carbocycles. The molecule has 28 heavy (non-hydrogen) atoms. The van der Waals surface area contributed by atoms with Gasteiger partial charge in [0, 0.05) is 11.4 Å². The van der Waals surface area contributed by atoms with E-state index >= 15 is 0 Å². The number of carbonyl (C=O) groups is 1. The first-order valence-corrected chi connectivity index (χ1v) is 10.8. The lowest BCUT2D eigenvalue weighted by molar-refractivity contribution is 0.0527. The highest BCUT2D eigenvalue weighted by molar-refractivity contribution is 7.80. The van der Waals surface area contributed by atoms with E-state index in [-0.39, 0.29) is 5.97 Å². The number of hydrogen-bond donors (Lipinski definition) is 2. The van der Waals surface area contributed by atoms with Gasteiger partial charge in [0.1, 0.15) is 10.8 Å². The molecule has 1 heterocycles. The molecule has 0 aliphatic heterocycles. The highest BCUT2D eigenvalue weighted by Crippen LogP contribution is 2.38. The number of benzene rings is 1. The molecule has 1 aliphatic rings. The summed E-state index contributed by atoms with van der Waals surface area (Å²) in [7, 11) is 1.65. The number of carbonyl (C=O) groups excluding carboxylic acids is 1. The zero-order valence-corrected chi connectivity index (χ0v) is 17.9. The van der Waals surface area contributed by atoms with Gasteiger partial charge in [0.25, 0.3) is 0 Å². The highest BCUT2D eigenvalue weighted by Gasteiger charge is 2.26. The Bertz CT molecular complexity index is 831. The molecule has 0 saturated carbocycles. The van der Waals surface area contributed by atoms with Crippen LogP contribution < -0.4 is 15.4 Å². The third-order valence-corrected chi connectivity index (χ3v) is 6.19. The van der Waals surface area contributed by atoms with Gasteiger partial charge in [0.05, 0.1) is 19.3 Å². The number of ether oxygens (including phenoxy) is 2. The first kappa shape index (κ1) is 20.6. The van der Waals surface area contributed by atoms with Crippen LogP contribution in [0, 0.1) is 0 Å². The number of fused-ring (bicyclic) bond motifs is 1. The van der Waals surface area contributed by atoms with Crippen LogP contribution in [0.25, 0.3) is 0 Å². The summed E-state index contributed by atoms with van der Waals surface area (Å²) in [4.78, 5) is 13.9. The third-order valence-electron chi connectivity index (χ3n) is 4.74. The number of esters is 1. The molecule has 0 fully saturated rings. The average molecular weight is 419 g/mol. The van der Waals surface area contributed by atoms with Crippen molar-refractivity contribution in [3.63, 3.8) is 0 Å². The van der Waals surface area contributed by atoms with E-state index in [1.807, 2.05) is 31.2 Å². The quantitative estimate of drug-likeness (QED) is 0.403. The smallest absolute Gasteiger partial charge is 0.341 e. The standard InChI is InChI=1S/C21H26N2O3S2/c1-3-26-20(24)18-16-7-5-4-6-8-17(16)28-19(18)23-21(27)22-13-14-9-11-15(25-2)12-10-14/h9-12H,3-8,13H2,1-2H3,(H2,22,23,27). The molecular weight excluding hydrogens is 392 g/mol. The number of nitrogens with one attached hydrogen (secondary N) is 2. The Hall–Kier alpha value is -2.12. The molecule has 2 N–H and O–H groups in total. The topological polar surface area (TPSA) is 59.6 Å². The monoisotopic (exact) mass is 418 g/mol. The van der Waals surface area contributed by atoms with Crippen molar-refractivity contribution in [2.45, 2.75) is 45.6 Å². The molecule has 1 aliphatic carbocycles. The SMILES string of the molecule is CCOC(=O)c1c(NC(=S)NCc2ccc(OC)cc2)sc2c1CCCCC2. The Balaban J connectivity index is 1.71. The van der Waals surface area contributed by atoms with E-state index in [0.717, 1.165) is 47.6 Å². The van der Waals surface area contributed by atoms with Gasteiger partial charge in [0.15, 0.2) is 5.11 Å². The summed E-state index contributed by atoms with van der Waals surface area (Å²) in [5, 5.41) is 7.73. The van der Waals surface area contributed by atoms with E-state index in [1.165, 1.54) is 11.3 Å². The van der Waals surface area contributed by atoms with Crippen molar-refractivity contribution in [2.75, 3.05) is 19.0 Å². The van der Waals surface area contributed by atoms with Crippen LogP contribution in [-0.4, -0.2) is 24.8 Å². The Morgan fingerprint density at radius 2 is 1.93 bits per heavy atom. The number of anilines is 1. The Labute approximate surface area is 175 Å².